The van der Waals surface area contributed by atoms with Gasteiger partial charge in [-0.1, -0.05) is 0 Å². The van der Waals surface area contributed by atoms with Crippen molar-refractivity contribution in [3.8, 4) is 0 Å². The molecular formula is C14H17N5O2S. The molecule has 0 amide bonds. The van der Waals surface area contributed by atoms with Crippen molar-refractivity contribution in [1.29, 1.82) is 0 Å². The molecule has 0 aliphatic carbocycles. The minimum Gasteiger partial charge on any atom is -0.371 e. The van der Waals surface area contributed by atoms with Gasteiger partial charge in [0.2, 0.25) is 0 Å². The smallest absolute Gasteiger partial charge is 0.283 e. The predicted octanol–water partition coefficient (Wildman–Crippen LogP) is 2.86. The molecule has 0 bridgehead atoms. The normalized spacial score (nSPS) is 15.0. The van der Waals surface area contributed by atoms with Crippen molar-refractivity contribution >= 4 is 23.1 Å². The van der Waals surface area contributed by atoms with Gasteiger partial charge in [0.05, 0.1) is 9.82 Å². The van der Waals surface area contributed by atoms with Crippen LogP contribution >= 0.6 is 11.8 Å². The number of hydrogen-bond donors (Lipinski definition) is 0. The third kappa shape index (κ3) is 3.06. The van der Waals surface area contributed by atoms with Crippen molar-refractivity contribution in [2.75, 3.05) is 18.0 Å². The number of benzene rings is 1. The van der Waals surface area contributed by atoms with Gasteiger partial charge in [0.1, 0.15) is 6.33 Å². The maximum atomic E-state index is 11.3. The molecule has 0 saturated carbocycles. The van der Waals surface area contributed by atoms with E-state index in [1.54, 1.807) is 17.0 Å². The van der Waals surface area contributed by atoms with Crippen molar-refractivity contribution in [3.05, 3.63) is 34.6 Å². The van der Waals surface area contributed by atoms with Gasteiger partial charge >= 0.3 is 0 Å². The highest BCUT2D eigenvalue weighted by atomic mass is 32.2. The van der Waals surface area contributed by atoms with Gasteiger partial charge in [-0.2, -0.15) is 0 Å². The van der Waals surface area contributed by atoms with Crippen LogP contribution in [0.15, 0.2) is 34.6 Å². The summed E-state index contributed by atoms with van der Waals surface area (Å²) in [5.41, 5.74) is 1.14. The summed E-state index contributed by atoms with van der Waals surface area (Å²) in [6.07, 6.45) is 5.18. The second-order valence-electron chi connectivity index (χ2n) is 5.28. The Balaban J connectivity index is 1.93. The van der Waals surface area contributed by atoms with E-state index in [1.165, 1.54) is 31.0 Å². The fraction of sp³-hybridized carbons (Fsp3) is 0.429. The Morgan fingerprint density at radius 3 is 2.68 bits per heavy atom. The number of hydrogen-bond acceptors (Lipinski definition) is 6. The predicted molar refractivity (Wildman–Crippen MR) is 84.3 cm³/mol. The summed E-state index contributed by atoms with van der Waals surface area (Å²) < 4.78 is 1.75. The second-order valence-corrected chi connectivity index (χ2v) is 6.29. The number of nitrogens with zero attached hydrogens (tertiary/aromatic N) is 5. The molecule has 2 heterocycles. The van der Waals surface area contributed by atoms with Crippen LogP contribution < -0.4 is 4.90 Å². The zero-order chi connectivity index (χ0) is 15.5. The van der Waals surface area contributed by atoms with Crippen molar-refractivity contribution in [2.24, 2.45) is 7.05 Å². The van der Waals surface area contributed by atoms with Crippen molar-refractivity contribution in [2.45, 2.75) is 29.3 Å². The van der Waals surface area contributed by atoms with Gasteiger partial charge in [0, 0.05) is 31.9 Å². The number of rotatable bonds is 4. The molecule has 2 aromatic rings. The molecule has 0 N–H and O–H groups in total. The first-order chi connectivity index (χ1) is 10.6. The number of nitro groups is 1. The number of nitro benzene ring substituents is 1. The van der Waals surface area contributed by atoms with E-state index in [0.29, 0.717) is 10.1 Å². The fourth-order valence-electron chi connectivity index (χ4n) is 2.55. The van der Waals surface area contributed by atoms with Crippen LogP contribution in [0.1, 0.15) is 19.3 Å². The average Bonchev–Trinajstić information content (AvgIpc) is 2.93. The summed E-state index contributed by atoms with van der Waals surface area (Å²) in [7, 11) is 1.82. The molecule has 0 radical (unpaired) electrons. The molecule has 1 aliphatic heterocycles. The Bertz CT molecular complexity index is 682. The van der Waals surface area contributed by atoms with Gasteiger partial charge in [0.25, 0.3) is 5.69 Å². The fourth-order valence-corrected chi connectivity index (χ4v) is 3.45. The van der Waals surface area contributed by atoms with Crippen LogP contribution in [0.4, 0.5) is 11.4 Å². The summed E-state index contributed by atoms with van der Waals surface area (Å²) >= 11 is 1.28. The quantitative estimate of drug-likeness (QED) is 0.637. The van der Waals surface area contributed by atoms with Crippen LogP contribution in [0.2, 0.25) is 0 Å². The van der Waals surface area contributed by atoms with E-state index in [2.05, 4.69) is 15.1 Å². The second kappa shape index (κ2) is 6.35. The SMILES string of the molecule is Cn1cnnc1Sc1cc(N2CCCCC2)ccc1[N+](=O)[O-]. The van der Waals surface area contributed by atoms with Crippen LogP contribution in [0.25, 0.3) is 0 Å². The highest BCUT2D eigenvalue weighted by Gasteiger charge is 2.20. The third-order valence-corrected chi connectivity index (χ3v) is 4.83. The van der Waals surface area contributed by atoms with Crippen LogP contribution in [0, 0.1) is 10.1 Å². The van der Waals surface area contributed by atoms with Crippen LogP contribution in [-0.2, 0) is 7.05 Å². The summed E-state index contributed by atoms with van der Waals surface area (Å²) in [6.45, 7) is 2.01. The highest BCUT2D eigenvalue weighted by Crippen LogP contribution is 2.36. The molecule has 1 aliphatic rings. The minimum absolute atomic E-state index is 0.105. The van der Waals surface area contributed by atoms with Crippen molar-refractivity contribution in [3.63, 3.8) is 0 Å². The van der Waals surface area contributed by atoms with E-state index >= 15 is 0 Å². The Labute approximate surface area is 132 Å². The first kappa shape index (κ1) is 14.8. The molecule has 22 heavy (non-hydrogen) atoms. The Morgan fingerprint density at radius 1 is 1.27 bits per heavy atom. The topological polar surface area (TPSA) is 77.1 Å². The number of piperidine rings is 1. The van der Waals surface area contributed by atoms with Gasteiger partial charge in [-0.05, 0) is 43.2 Å². The van der Waals surface area contributed by atoms with Crippen molar-refractivity contribution < 1.29 is 4.92 Å². The summed E-state index contributed by atoms with van der Waals surface area (Å²) in [6, 6.07) is 5.32. The summed E-state index contributed by atoms with van der Waals surface area (Å²) in [5.74, 6) is 0. The van der Waals surface area contributed by atoms with E-state index in [1.807, 2.05) is 19.2 Å². The lowest BCUT2D eigenvalue weighted by molar-refractivity contribution is -0.387. The Hall–Kier alpha value is -2.09. The highest BCUT2D eigenvalue weighted by molar-refractivity contribution is 7.99. The Kier molecular flexibility index (Phi) is 4.28. The Morgan fingerprint density at radius 2 is 2.05 bits per heavy atom. The summed E-state index contributed by atoms with van der Waals surface area (Å²) in [4.78, 5) is 13.8. The molecule has 8 heteroatoms. The molecule has 0 unspecified atom stereocenters. The van der Waals surface area contributed by atoms with Gasteiger partial charge in [-0.15, -0.1) is 10.2 Å². The van der Waals surface area contributed by atoms with Crippen molar-refractivity contribution in [1.82, 2.24) is 14.8 Å². The van der Waals surface area contributed by atoms with Crippen LogP contribution in [0.5, 0.6) is 0 Å². The lowest BCUT2D eigenvalue weighted by atomic mass is 10.1. The lowest BCUT2D eigenvalue weighted by Crippen LogP contribution is -2.29. The van der Waals surface area contributed by atoms with Crippen LogP contribution in [-0.4, -0.2) is 32.8 Å². The maximum absolute atomic E-state index is 11.3. The third-order valence-electron chi connectivity index (χ3n) is 3.73. The molecule has 116 valence electrons. The molecule has 1 saturated heterocycles. The van der Waals surface area contributed by atoms with E-state index in [0.717, 1.165) is 18.8 Å². The molecule has 1 aromatic heterocycles. The molecule has 0 atom stereocenters. The standard InChI is InChI=1S/C14H17N5O2S/c1-17-10-15-16-14(17)22-13-9-11(5-6-12(13)19(20)21)18-7-3-2-4-8-18/h5-6,9-10H,2-4,7-8H2,1H3. The number of anilines is 1. The molecule has 1 fully saturated rings. The first-order valence-electron chi connectivity index (χ1n) is 7.20. The molecule has 1 aromatic carbocycles. The van der Waals surface area contributed by atoms with E-state index < -0.39 is 0 Å². The van der Waals surface area contributed by atoms with E-state index in [-0.39, 0.29) is 10.6 Å². The van der Waals surface area contributed by atoms with Gasteiger partial charge in [-0.25, -0.2) is 0 Å². The molecule has 3 rings (SSSR count). The molecule has 0 spiro atoms. The molecule has 7 nitrogen and oxygen atoms in total. The first-order valence-corrected chi connectivity index (χ1v) is 8.02. The molecular weight excluding hydrogens is 302 g/mol. The summed E-state index contributed by atoms with van der Waals surface area (Å²) in [5, 5.41) is 19.7. The van der Waals surface area contributed by atoms with Crippen LogP contribution in [0.3, 0.4) is 0 Å². The minimum atomic E-state index is -0.349. The monoisotopic (exact) mass is 319 g/mol. The van der Waals surface area contributed by atoms with Gasteiger partial charge in [0.15, 0.2) is 5.16 Å². The average molecular weight is 319 g/mol. The van der Waals surface area contributed by atoms with Gasteiger partial charge < -0.3 is 9.47 Å². The number of aryl methyl sites for hydroxylation is 1. The lowest BCUT2D eigenvalue weighted by Gasteiger charge is -2.29. The zero-order valence-electron chi connectivity index (χ0n) is 12.3. The number of aromatic nitrogens is 3. The van der Waals surface area contributed by atoms with E-state index in [9.17, 15) is 10.1 Å². The largest absolute Gasteiger partial charge is 0.371 e. The maximum Gasteiger partial charge on any atom is 0.283 e. The van der Waals surface area contributed by atoms with E-state index in [4.69, 9.17) is 0 Å². The van der Waals surface area contributed by atoms with Gasteiger partial charge in [-0.3, -0.25) is 10.1 Å². The zero-order valence-corrected chi connectivity index (χ0v) is 13.1.